The lowest BCUT2D eigenvalue weighted by atomic mass is 9.73. The van der Waals surface area contributed by atoms with Crippen molar-refractivity contribution >= 4 is 5.91 Å². The molecule has 1 saturated heterocycles. The summed E-state index contributed by atoms with van der Waals surface area (Å²) in [5.74, 6) is 1.27. The van der Waals surface area contributed by atoms with Gasteiger partial charge in [-0.15, -0.1) is 0 Å². The molecule has 2 atom stereocenters. The maximum Gasteiger partial charge on any atom is 0.228 e. The van der Waals surface area contributed by atoms with Gasteiger partial charge in [0.25, 0.3) is 0 Å². The van der Waals surface area contributed by atoms with E-state index >= 15 is 0 Å². The Kier molecular flexibility index (Phi) is 4.50. The van der Waals surface area contributed by atoms with Crippen LogP contribution in [0.15, 0.2) is 36.7 Å². The number of benzene rings is 1. The summed E-state index contributed by atoms with van der Waals surface area (Å²) in [6.07, 6.45) is 8.58. The van der Waals surface area contributed by atoms with Crippen molar-refractivity contribution in [2.45, 2.75) is 56.5 Å². The van der Waals surface area contributed by atoms with Gasteiger partial charge in [0, 0.05) is 44.3 Å². The highest BCUT2D eigenvalue weighted by atomic mass is 16.2. The zero-order valence-corrected chi connectivity index (χ0v) is 16.8. The molecule has 5 nitrogen and oxygen atoms in total. The Morgan fingerprint density at radius 3 is 2.64 bits per heavy atom. The van der Waals surface area contributed by atoms with Gasteiger partial charge in [-0.3, -0.25) is 9.48 Å². The van der Waals surface area contributed by atoms with Gasteiger partial charge in [0.2, 0.25) is 5.91 Å². The fraction of sp³-hybridized carbons (Fsp3) is 0.565. The van der Waals surface area contributed by atoms with Crippen molar-refractivity contribution in [2.24, 2.45) is 13.0 Å². The van der Waals surface area contributed by atoms with Crippen LogP contribution in [-0.4, -0.2) is 45.8 Å². The molecule has 1 amide bonds. The molecule has 2 saturated carbocycles. The van der Waals surface area contributed by atoms with Gasteiger partial charge in [0.05, 0.1) is 12.1 Å². The molecule has 5 heteroatoms. The normalized spacial score (nSPS) is 29.5. The van der Waals surface area contributed by atoms with E-state index in [1.54, 1.807) is 0 Å². The van der Waals surface area contributed by atoms with Gasteiger partial charge < -0.3 is 10.2 Å². The van der Waals surface area contributed by atoms with Gasteiger partial charge in [-0.25, -0.2) is 0 Å². The van der Waals surface area contributed by atoms with Crippen LogP contribution in [0.1, 0.15) is 54.2 Å². The maximum atomic E-state index is 13.6. The zero-order chi connectivity index (χ0) is 19.3. The van der Waals surface area contributed by atoms with Crippen molar-refractivity contribution in [1.29, 1.82) is 0 Å². The molecule has 5 rings (SSSR count). The summed E-state index contributed by atoms with van der Waals surface area (Å²) in [6.45, 7) is 3.86. The molecule has 3 fully saturated rings. The monoisotopic (exact) mass is 378 g/mol. The third-order valence-corrected chi connectivity index (χ3v) is 7.01. The first-order chi connectivity index (χ1) is 13.6. The molecule has 1 aromatic carbocycles. The Hall–Kier alpha value is -2.14. The van der Waals surface area contributed by atoms with Crippen LogP contribution in [0, 0.1) is 12.8 Å². The first-order valence-electron chi connectivity index (χ1n) is 10.7. The van der Waals surface area contributed by atoms with E-state index in [-0.39, 0.29) is 11.8 Å². The molecular weight excluding hydrogens is 348 g/mol. The second kappa shape index (κ2) is 7.03. The second-order valence-electron chi connectivity index (χ2n) is 8.97. The largest absolute Gasteiger partial charge is 0.336 e. The molecule has 1 aliphatic heterocycles. The van der Waals surface area contributed by atoms with Gasteiger partial charge in [-0.1, -0.05) is 24.3 Å². The van der Waals surface area contributed by atoms with E-state index in [9.17, 15) is 4.79 Å². The average molecular weight is 379 g/mol. The fourth-order valence-corrected chi connectivity index (χ4v) is 5.24. The van der Waals surface area contributed by atoms with E-state index in [0.29, 0.717) is 23.9 Å². The summed E-state index contributed by atoms with van der Waals surface area (Å²) in [7, 11) is 1.94. The van der Waals surface area contributed by atoms with Gasteiger partial charge >= 0.3 is 0 Å². The maximum absolute atomic E-state index is 13.6. The summed E-state index contributed by atoms with van der Waals surface area (Å²) in [5.41, 5.74) is 4.04. The molecule has 0 unspecified atom stereocenters. The van der Waals surface area contributed by atoms with Crippen molar-refractivity contribution in [3.8, 4) is 0 Å². The Morgan fingerprint density at radius 2 is 1.96 bits per heavy atom. The number of amides is 1. The number of aromatic nitrogens is 2. The van der Waals surface area contributed by atoms with Crippen LogP contribution < -0.4 is 5.32 Å². The first kappa shape index (κ1) is 17.9. The van der Waals surface area contributed by atoms with E-state index < -0.39 is 0 Å². The third kappa shape index (κ3) is 3.16. The zero-order valence-electron chi connectivity index (χ0n) is 16.8. The first-order valence-corrected chi connectivity index (χ1v) is 10.7. The van der Waals surface area contributed by atoms with Crippen LogP contribution in [-0.2, 0) is 11.8 Å². The van der Waals surface area contributed by atoms with E-state index in [1.807, 2.05) is 17.9 Å². The lowest BCUT2D eigenvalue weighted by Crippen LogP contribution is -2.51. The van der Waals surface area contributed by atoms with Crippen LogP contribution in [0.2, 0.25) is 0 Å². The van der Waals surface area contributed by atoms with E-state index in [0.717, 1.165) is 25.9 Å². The highest BCUT2D eigenvalue weighted by Gasteiger charge is 2.47. The fourth-order valence-electron chi connectivity index (χ4n) is 5.24. The highest BCUT2D eigenvalue weighted by molar-refractivity contribution is 5.82. The van der Waals surface area contributed by atoms with Gasteiger partial charge in [0.1, 0.15) is 0 Å². The molecule has 0 spiro atoms. The molecule has 2 aromatic rings. The molecule has 0 bridgehead atoms. The molecule has 1 aromatic heterocycles. The Bertz CT molecular complexity index is 865. The number of aryl methyl sites for hydroxylation is 2. The lowest BCUT2D eigenvalue weighted by Gasteiger charge is -2.45. The predicted molar refractivity (Wildman–Crippen MR) is 109 cm³/mol. The van der Waals surface area contributed by atoms with Crippen LogP contribution in [0.4, 0.5) is 0 Å². The highest BCUT2D eigenvalue weighted by Crippen LogP contribution is 2.45. The van der Waals surface area contributed by atoms with Crippen LogP contribution in [0.3, 0.4) is 0 Å². The van der Waals surface area contributed by atoms with Crippen molar-refractivity contribution in [3.05, 3.63) is 53.3 Å². The van der Waals surface area contributed by atoms with Gasteiger partial charge in [0.15, 0.2) is 0 Å². The summed E-state index contributed by atoms with van der Waals surface area (Å²) in [5, 5.41) is 7.78. The average Bonchev–Trinajstić information content (AvgIpc) is 3.19. The van der Waals surface area contributed by atoms with Gasteiger partial charge in [-0.2, -0.15) is 5.10 Å². The number of rotatable bonds is 5. The van der Waals surface area contributed by atoms with Crippen LogP contribution in [0.5, 0.6) is 0 Å². The molecule has 148 valence electrons. The third-order valence-electron chi connectivity index (χ3n) is 7.01. The number of hydrogen-bond donors (Lipinski definition) is 1. The number of carbonyl (C=O) groups excluding carboxylic acids is 1. The summed E-state index contributed by atoms with van der Waals surface area (Å²) >= 11 is 0. The molecule has 2 aliphatic carbocycles. The predicted octanol–water partition coefficient (Wildman–Crippen LogP) is 2.97. The topological polar surface area (TPSA) is 50.2 Å². The quantitative estimate of drug-likeness (QED) is 0.870. The smallest absolute Gasteiger partial charge is 0.228 e. The van der Waals surface area contributed by atoms with Gasteiger partial charge in [-0.05, 0) is 55.2 Å². The minimum Gasteiger partial charge on any atom is -0.336 e. The summed E-state index contributed by atoms with van der Waals surface area (Å²) in [6, 6.07) is 9.61. The number of nitrogens with one attached hydrogen (secondary N) is 1. The number of nitrogens with zero attached hydrogens (tertiary/aromatic N) is 3. The van der Waals surface area contributed by atoms with E-state index in [2.05, 4.69) is 52.7 Å². The molecular formula is C23H30N4O. The Labute approximate surface area is 167 Å². The minimum absolute atomic E-state index is 0.0438. The molecule has 1 N–H and O–H groups in total. The second-order valence-corrected chi connectivity index (χ2v) is 8.97. The molecule has 0 radical (unpaired) electrons. The number of carbonyl (C=O) groups is 1. The lowest BCUT2D eigenvalue weighted by molar-refractivity contribution is -0.140. The SMILES string of the molecule is Cc1ccccc1C1CC(N(C(=O)[C@H]2CNC[C@@H]2c2cnn(C)c2)C2CC2)C1. The van der Waals surface area contributed by atoms with E-state index in [4.69, 9.17) is 0 Å². The molecule has 28 heavy (non-hydrogen) atoms. The van der Waals surface area contributed by atoms with Crippen molar-refractivity contribution in [2.75, 3.05) is 13.1 Å². The van der Waals surface area contributed by atoms with E-state index in [1.165, 1.54) is 29.5 Å². The van der Waals surface area contributed by atoms with Crippen LogP contribution in [0.25, 0.3) is 0 Å². The van der Waals surface area contributed by atoms with Crippen LogP contribution >= 0.6 is 0 Å². The molecule has 2 heterocycles. The van der Waals surface area contributed by atoms with Crippen molar-refractivity contribution < 1.29 is 4.79 Å². The standard InChI is InChI=1S/C23H30N4O/c1-15-5-3-4-6-20(15)16-9-19(10-16)27(18-7-8-18)23(28)22-13-24-12-21(22)17-11-25-26(2)14-17/h3-6,11,14,16,18-19,21-22,24H,7-10,12-13H2,1-2H3/t16?,19?,21-,22+/m1/s1. The van der Waals surface area contributed by atoms with Crippen molar-refractivity contribution in [1.82, 2.24) is 20.0 Å². The Morgan fingerprint density at radius 1 is 1.18 bits per heavy atom. The summed E-state index contributed by atoms with van der Waals surface area (Å²) < 4.78 is 1.84. The summed E-state index contributed by atoms with van der Waals surface area (Å²) in [4.78, 5) is 15.9. The Balaban J connectivity index is 1.31. The minimum atomic E-state index is 0.0438. The number of hydrogen-bond acceptors (Lipinski definition) is 3. The molecule has 3 aliphatic rings. The van der Waals surface area contributed by atoms with Crippen molar-refractivity contribution in [3.63, 3.8) is 0 Å².